The predicted molar refractivity (Wildman–Crippen MR) is 258 cm³/mol. The van der Waals surface area contributed by atoms with Crippen LogP contribution in [0.15, 0.2) is 212 Å². The molecule has 61 heavy (non-hydrogen) atoms. The van der Waals surface area contributed by atoms with Gasteiger partial charge >= 0.3 is 0 Å². The lowest BCUT2D eigenvalue weighted by Gasteiger charge is -2.15. The summed E-state index contributed by atoms with van der Waals surface area (Å²) in [5.74, 6) is 0.698. The number of hydrogen-bond donors (Lipinski definition) is 0. The Morgan fingerprint density at radius 3 is 1.59 bits per heavy atom. The van der Waals surface area contributed by atoms with E-state index in [-0.39, 0.29) is 0 Å². The van der Waals surface area contributed by atoms with Gasteiger partial charge in [0.05, 0.1) is 22.6 Å². The first kappa shape index (κ1) is 35.2. The van der Waals surface area contributed by atoms with E-state index in [9.17, 15) is 0 Å². The molecule has 0 N–H and O–H groups in total. The summed E-state index contributed by atoms with van der Waals surface area (Å²) in [6, 6.07) is 75.4. The van der Waals surface area contributed by atoms with Crippen LogP contribution in [-0.2, 0) is 0 Å². The second-order valence-electron chi connectivity index (χ2n) is 15.5. The maximum Gasteiger partial charge on any atom is 0.160 e. The minimum atomic E-state index is 0.698. The lowest BCUT2D eigenvalue weighted by atomic mass is 9.92. The van der Waals surface area contributed by atoms with Gasteiger partial charge in [0.25, 0.3) is 0 Å². The molecule has 0 atom stereocenters. The molecule has 3 heterocycles. The first-order chi connectivity index (χ1) is 30.2. The molecule has 3 aromatic heterocycles. The molecule has 0 unspecified atom stereocenters. The van der Waals surface area contributed by atoms with E-state index in [4.69, 9.17) is 15.0 Å². The maximum atomic E-state index is 5.71. The van der Waals surface area contributed by atoms with Gasteiger partial charge in [-0.15, -0.1) is 11.3 Å². The van der Waals surface area contributed by atoms with Crippen LogP contribution < -0.4 is 0 Å². The van der Waals surface area contributed by atoms with Crippen molar-refractivity contribution in [1.82, 2.24) is 15.0 Å². The molecule has 3 nitrogen and oxygen atoms in total. The Kier molecular flexibility index (Phi) is 8.36. The highest BCUT2D eigenvalue weighted by atomic mass is 32.1. The topological polar surface area (TPSA) is 38.7 Å². The summed E-state index contributed by atoms with van der Waals surface area (Å²) >= 11 is 1.86. The zero-order valence-electron chi connectivity index (χ0n) is 33.0. The average molecular weight is 794 g/mol. The van der Waals surface area contributed by atoms with Crippen molar-refractivity contribution in [3.05, 3.63) is 212 Å². The highest BCUT2D eigenvalue weighted by Crippen LogP contribution is 2.46. The minimum absolute atomic E-state index is 0.698. The van der Waals surface area contributed by atoms with Crippen LogP contribution in [0.2, 0.25) is 0 Å². The van der Waals surface area contributed by atoms with Crippen LogP contribution in [0.3, 0.4) is 0 Å². The molecule has 0 aliphatic rings. The van der Waals surface area contributed by atoms with E-state index < -0.39 is 0 Å². The molecule has 0 radical (unpaired) electrons. The number of nitrogens with zero attached hydrogens (tertiary/aromatic N) is 3. The maximum absolute atomic E-state index is 5.71. The van der Waals surface area contributed by atoms with Gasteiger partial charge in [-0.3, -0.25) is 0 Å². The fourth-order valence-electron chi connectivity index (χ4n) is 8.91. The first-order valence-corrected chi connectivity index (χ1v) is 21.4. The highest BCUT2D eigenvalue weighted by molar-refractivity contribution is 7.26. The standard InChI is InChI=1S/C57H35N3S/c1-3-14-36(15-4-1)37-26-30-39(31-27-37)50-35-51(59-57(58-50)41-16-5-2-6-17-41)40-32-28-38(29-33-40)44-23-13-24-48-54(44)60-55(53-47-22-11-12-25-52(47)61-56(48)53)49-34-42-18-7-8-19-43(42)45-20-9-10-21-46(45)49/h1-35H. The molecule has 0 aliphatic heterocycles. The fourth-order valence-corrected chi connectivity index (χ4v) is 10.1. The summed E-state index contributed by atoms with van der Waals surface area (Å²) in [4.78, 5) is 15.9. The summed E-state index contributed by atoms with van der Waals surface area (Å²) in [5, 5.41) is 8.52. The number of benzene rings is 9. The van der Waals surface area contributed by atoms with Gasteiger partial charge in [-0.1, -0.05) is 194 Å². The molecule has 4 heteroatoms. The molecule has 9 aromatic carbocycles. The van der Waals surface area contributed by atoms with Crippen LogP contribution in [-0.4, -0.2) is 15.0 Å². The number of pyridine rings is 1. The van der Waals surface area contributed by atoms with Gasteiger partial charge in [-0.2, -0.15) is 0 Å². The van der Waals surface area contributed by atoms with Gasteiger partial charge in [0.2, 0.25) is 0 Å². The molecule has 0 aliphatic carbocycles. The Morgan fingerprint density at radius 2 is 0.869 bits per heavy atom. The largest absolute Gasteiger partial charge is 0.246 e. The van der Waals surface area contributed by atoms with Crippen LogP contribution >= 0.6 is 11.3 Å². The number of para-hydroxylation sites is 1. The van der Waals surface area contributed by atoms with Crippen molar-refractivity contribution in [2.45, 2.75) is 0 Å². The van der Waals surface area contributed by atoms with E-state index in [0.29, 0.717) is 5.82 Å². The molecular formula is C57H35N3S. The summed E-state index contributed by atoms with van der Waals surface area (Å²) in [5.41, 5.74) is 12.5. The zero-order valence-corrected chi connectivity index (χ0v) is 33.8. The monoisotopic (exact) mass is 793 g/mol. The Hall–Kier alpha value is -7.79. The zero-order chi connectivity index (χ0) is 40.3. The summed E-state index contributed by atoms with van der Waals surface area (Å²) in [6.45, 7) is 0. The first-order valence-electron chi connectivity index (χ1n) is 20.6. The predicted octanol–water partition coefficient (Wildman–Crippen LogP) is 15.7. The van der Waals surface area contributed by atoms with Crippen LogP contribution in [0.25, 0.3) is 120 Å². The van der Waals surface area contributed by atoms with Crippen LogP contribution in [0.1, 0.15) is 0 Å². The van der Waals surface area contributed by atoms with Gasteiger partial charge < -0.3 is 0 Å². The van der Waals surface area contributed by atoms with Crippen molar-refractivity contribution < 1.29 is 0 Å². The lowest BCUT2D eigenvalue weighted by molar-refractivity contribution is 1.18. The SMILES string of the molecule is c1ccc(-c2ccc(-c3cc(-c4ccc(-c5cccc6c5nc(-c5cc7ccccc7c7ccccc57)c5c7ccccc7sc65)cc4)nc(-c4ccccc4)n3)cc2)cc1. The third kappa shape index (κ3) is 6.07. The summed E-state index contributed by atoms with van der Waals surface area (Å²) in [6.07, 6.45) is 0. The van der Waals surface area contributed by atoms with E-state index in [2.05, 4.69) is 188 Å². The molecule has 12 rings (SSSR count). The molecule has 284 valence electrons. The van der Waals surface area contributed by atoms with Gasteiger partial charge in [-0.25, -0.2) is 15.0 Å². The van der Waals surface area contributed by atoms with Crippen LogP contribution in [0, 0.1) is 0 Å². The van der Waals surface area contributed by atoms with E-state index in [1.54, 1.807) is 0 Å². The Morgan fingerprint density at radius 1 is 0.328 bits per heavy atom. The second-order valence-corrected chi connectivity index (χ2v) is 16.6. The lowest BCUT2D eigenvalue weighted by Crippen LogP contribution is -1.96. The normalized spacial score (nSPS) is 11.6. The molecule has 0 amide bonds. The van der Waals surface area contributed by atoms with Gasteiger partial charge in [0.15, 0.2) is 5.82 Å². The molecule has 12 aromatic rings. The highest BCUT2D eigenvalue weighted by Gasteiger charge is 2.21. The Bertz CT molecular complexity index is 3610. The van der Waals surface area contributed by atoms with Crippen LogP contribution in [0.4, 0.5) is 0 Å². The smallest absolute Gasteiger partial charge is 0.160 e. The number of aromatic nitrogens is 3. The van der Waals surface area contributed by atoms with Gasteiger partial charge in [0.1, 0.15) is 0 Å². The molecule has 0 saturated carbocycles. The van der Waals surface area contributed by atoms with Crippen molar-refractivity contribution in [1.29, 1.82) is 0 Å². The van der Waals surface area contributed by atoms with Gasteiger partial charge in [0, 0.05) is 53.4 Å². The molecule has 0 spiro atoms. The number of rotatable bonds is 6. The van der Waals surface area contributed by atoms with Crippen molar-refractivity contribution >= 4 is 64.0 Å². The van der Waals surface area contributed by atoms with E-state index in [0.717, 1.165) is 61.4 Å². The van der Waals surface area contributed by atoms with E-state index in [1.165, 1.54) is 52.8 Å². The van der Waals surface area contributed by atoms with Crippen molar-refractivity contribution in [2.24, 2.45) is 0 Å². The molecule has 0 bridgehead atoms. The molecule has 0 saturated heterocycles. The Balaban J connectivity index is 1.01. The van der Waals surface area contributed by atoms with Gasteiger partial charge in [-0.05, 0) is 56.4 Å². The molecule has 0 fully saturated rings. The van der Waals surface area contributed by atoms with Crippen LogP contribution in [0.5, 0.6) is 0 Å². The average Bonchev–Trinajstić information content (AvgIpc) is 3.74. The molecular weight excluding hydrogens is 759 g/mol. The number of thiophene rings is 1. The third-order valence-electron chi connectivity index (χ3n) is 11.9. The second kappa shape index (κ2) is 14.5. The minimum Gasteiger partial charge on any atom is -0.246 e. The summed E-state index contributed by atoms with van der Waals surface area (Å²) < 4.78 is 2.52. The number of fused-ring (bicyclic) bond motifs is 8. The number of hydrogen-bond acceptors (Lipinski definition) is 4. The van der Waals surface area contributed by atoms with Crippen molar-refractivity contribution in [2.75, 3.05) is 0 Å². The fraction of sp³-hybridized carbons (Fsp3) is 0. The van der Waals surface area contributed by atoms with E-state index >= 15 is 0 Å². The summed E-state index contributed by atoms with van der Waals surface area (Å²) in [7, 11) is 0. The van der Waals surface area contributed by atoms with Crippen molar-refractivity contribution in [3.8, 4) is 67.4 Å². The third-order valence-corrected chi connectivity index (χ3v) is 13.1. The van der Waals surface area contributed by atoms with Crippen molar-refractivity contribution in [3.63, 3.8) is 0 Å². The van der Waals surface area contributed by atoms with E-state index in [1.807, 2.05) is 35.6 Å². The Labute approximate surface area is 356 Å². The quantitative estimate of drug-likeness (QED) is 0.157.